The van der Waals surface area contributed by atoms with Gasteiger partial charge in [0.05, 0.1) is 5.71 Å². The molecule has 2 nitrogen and oxygen atoms in total. The van der Waals surface area contributed by atoms with Gasteiger partial charge in [-0.2, -0.15) is 0 Å². The Labute approximate surface area is 128 Å². The van der Waals surface area contributed by atoms with Gasteiger partial charge >= 0.3 is 0 Å². The first-order valence-corrected chi connectivity index (χ1v) is 7.56. The van der Waals surface area contributed by atoms with Crippen LogP contribution in [0.15, 0.2) is 71.4 Å². The molecular formula is C19H24N2. The third-order valence-corrected chi connectivity index (χ3v) is 3.56. The van der Waals surface area contributed by atoms with Crippen molar-refractivity contribution in [3.8, 4) is 0 Å². The summed E-state index contributed by atoms with van der Waals surface area (Å²) >= 11 is 0. The number of aliphatic imine (C=N–C) groups is 1. The van der Waals surface area contributed by atoms with E-state index in [4.69, 9.17) is 4.99 Å². The van der Waals surface area contributed by atoms with Gasteiger partial charge in [0.2, 0.25) is 0 Å². The minimum absolute atomic E-state index is 0.139. The van der Waals surface area contributed by atoms with E-state index < -0.39 is 0 Å². The van der Waals surface area contributed by atoms with Gasteiger partial charge in [-0.05, 0) is 31.9 Å². The molecule has 21 heavy (non-hydrogen) atoms. The van der Waals surface area contributed by atoms with Gasteiger partial charge in [-0.1, -0.05) is 61.6 Å². The van der Waals surface area contributed by atoms with Gasteiger partial charge in [-0.25, -0.2) is 0 Å². The number of benzene rings is 1. The highest BCUT2D eigenvalue weighted by molar-refractivity contribution is 6.09. The van der Waals surface area contributed by atoms with Crippen LogP contribution in [0.3, 0.4) is 0 Å². The van der Waals surface area contributed by atoms with Crippen LogP contribution in [-0.4, -0.2) is 11.9 Å². The predicted molar refractivity (Wildman–Crippen MR) is 91.4 cm³/mol. The first kappa shape index (κ1) is 15.3. The summed E-state index contributed by atoms with van der Waals surface area (Å²) in [5.41, 5.74) is 3.43. The largest absolute Gasteiger partial charge is 0.367 e. The van der Waals surface area contributed by atoms with E-state index in [1.165, 1.54) is 11.3 Å². The molecule has 0 spiro atoms. The molecule has 1 heterocycles. The summed E-state index contributed by atoms with van der Waals surface area (Å²) in [5.74, 6) is 0.453. The number of hydrogen-bond donors (Lipinski definition) is 1. The summed E-state index contributed by atoms with van der Waals surface area (Å²) in [6, 6.07) is 10.4. The Morgan fingerprint density at radius 3 is 2.71 bits per heavy atom. The molecule has 1 aromatic rings. The summed E-state index contributed by atoms with van der Waals surface area (Å²) in [7, 11) is 0. The molecule has 1 aliphatic rings. The van der Waals surface area contributed by atoms with E-state index >= 15 is 0 Å². The van der Waals surface area contributed by atoms with E-state index in [1.54, 1.807) is 0 Å². The fraction of sp³-hybridized carbons (Fsp3) is 0.316. The van der Waals surface area contributed by atoms with E-state index in [2.05, 4.69) is 67.7 Å². The van der Waals surface area contributed by atoms with Crippen molar-refractivity contribution in [2.75, 3.05) is 0 Å². The van der Waals surface area contributed by atoms with Crippen LogP contribution in [0.25, 0.3) is 0 Å². The van der Waals surface area contributed by atoms with Crippen LogP contribution < -0.4 is 5.32 Å². The Balaban J connectivity index is 2.11. The van der Waals surface area contributed by atoms with Crippen molar-refractivity contribution < 1.29 is 0 Å². The van der Waals surface area contributed by atoms with Crippen molar-refractivity contribution in [2.24, 2.45) is 10.9 Å². The second-order valence-electron chi connectivity index (χ2n) is 5.46. The van der Waals surface area contributed by atoms with Crippen molar-refractivity contribution in [3.05, 3.63) is 72.0 Å². The Bertz CT molecular complexity index is 564. The maximum absolute atomic E-state index is 4.88. The Kier molecular flexibility index (Phi) is 5.56. The normalized spacial score (nSPS) is 20.2. The zero-order valence-electron chi connectivity index (χ0n) is 13.1. The van der Waals surface area contributed by atoms with Gasteiger partial charge < -0.3 is 5.32 Å². The Morgan fingerprint density at radius 1 is 1.24 bits per heavy atom. The number of nitrogens with zero attached hydrogens (tertiary/aromatic N) is 1. The zero-order chi connectivity index (χ0) is 15.1. The SMILES string of the molecule is C/C=C\C=C/CC(C)C1N=C(c2ccccc2)C=C(C)N1. The zero-order valence-corrected chi connectivity index (χ0v) is 13.1. The molecule has 1 aliphatic heterocycles. The lowest BCUT2D eigenvalue weighted by Gasteiger charge is -2.26. The average molecular weight is 280 g/mol. The van der Waals surface area contributed by atoms with E-state index in [9.17, 15) is 0 Å². The number of allylic oxidation sites excluding steroid dienone is 6. The molecule has 1 aromatic carbocycles. The highest BCUT2D eigenvalue weighted by Crippen LogP contribution is 2.18. The number of rotatable bonds is 5. The van der Waals surface area contributed by atoms with Crippen molar-refractivity contribution in [3.63, 3.8) is 0 Å². The van der Waals surface area contributed by atoms with Crippen LogP contribution in [0.1, 0.15) is 32.8 Å². The maximum Gasteiger partial charge on any atom is 0.122 e. The lowest BCUT2D eigenvalue weighted by atomic mass is 10.0. The molecule has 2 heteroatoms. The molecule has 2 atom stereocenters. The van der Waals surface area contributed by atoms with Crippen molar-refractivity contribution in [1.29, 1.82) is 0 Å². The highest BCUT2D eigenvalue weighted by Gasteiger charge is 2.19. The monoisotopic (exact) mass is 280 g/mol. The van der Waals surface area contributed by atoms with Crippen LogP contribution in [0.4, 0.5) is 0 Å². The minimum atomic E-state index is 0.139. The number of hydrogen-bond acceptors (Lipinski definition) is 2. The molecule has 0 radical (unpaired) electrons. The van der Waals surface area contributed by atoms with Crippen molar-refractivity contribution in [1.82, 2.24) is 5.32 Å². The van der Waals surface area contributed by atoms with Gasteiger partial charge in [0.15, 0.2) is 0 Å². The second-order valence-corrected chi connectivity index (χ2v) is 5.46. The molecule has 0 aromatic heterocycles. The summed E-state index contributed by atoms with van der Waals surface area (Å²) < 4.78 is 0. The lowest BCUT2D eigenvalue weighted by Crippen LogP contribution is -2.36. The fourth-order valence-electron chi connectivity index (χ4n) is 2.35. The molecule has 0 saturated heterocycles. The Morgan fingerprint density at radius 2 is 2.00 bits per heavy atom. The topological polar surface area (TPSA) is 24.4 Å². The minimum Gasteiger partial charge on any atom is -0.367 e. The molecule has 1 N–H and O–H groups in total. The number of nitrogens with one attached hydrogen (secondary N) is 1. The first-order chi connectivity index (χ1) is 10.2. The summed E-state index contributed by atoms with van der Waals surface area (Å²) in [5, 5.41) is 3.48. The molecule has 0 aliphatic carbocycles. The van der Waals surface area contributed by atoms with E-state index in [1.807, 2.05) is 19.1 Å². The van der Waals surface area contributed by atoms with Gasteiger partial charge in [0, 0.05) is 11.6 Å². The molecular weight excluding hydrogens is 256 g/mol. The van der Waals surface area contributed by atoms with Crippen LogP contribution in [0.2, 0.25) is 0 Å². The van der Waals surface area contributed by atoms with E-state index in [-0.39, 0.29) is 6.17 Å². The quantitative estimate of drug-likeness (QED) is 0.791. The second kappa shape index (κ2) is 7.63. The molecule has 0 fully saturated rings. The standard InChI is InChI=1S/C19H24N2/c1-4-5-6-8-11-15(2)19-20-16(3)14-18(21-19)17-12-9-7-10-13-17/h4-10,12-15,19-20H,11H2,1-3H3/b5-4-,8-6-. The third-order valence-electron chi connectivity index (χ3n) is 3.56. The van der Waals surface area contributed by atoms with E-state index in [0.29, 0.717) is 5.92 Å². The molecule has 0 saturated carbocycles. The Hall–Kier alpha value is -2.09. The summed E-state index contributed by atoms with van der Waals surface area (Å²) in [6.45, 7) is 6.37. The first-order valence-electron chi connectivity index (χ1n) is 7.56. The predicted octanol–water partition coefficient (Wildman–Crippen LogP) is 4.47. The van der Waals surface area contributed by atoms with Gasteiger partial charge in [0.1, 0.15) is 6.17 Å². The molecule has 2 rings (SSSR count). The van der Waals surface area contributed by atoms with Crippen LogP contribution >= 0.6 is 0 Å². The fourth-order valence-corrected chi connectivity index (χ4v) is 2.35. The van der Waals surface area contributed by atoms with Crippen LogP contribution in [0, 0.1) is 5.92 Å². The molecule has 0 amide bonds. The lowest BCUT2D eigenvalue weighted by molar-refractivity contribution is 0.415. The molecule has 0 bridgehead atoms. The highest BCUT2D eigenvalue weighted by atomic mass is 15.1. The van der Waals surface area contributed by atoms with Gasteiger partial charge in [0.25, 0.3) is 0 Å². The van der Waals surface area contributed by atoms with Crippen molar-refractivity contribution in [2.45, 2.75) is 33.4 Å². The smallest absolute Gasteiger partial charge is 0.122 e. The molecule has 110 valence electrons. The van der Waals surface area contributed by atoms with Crippen LogP contribution in [-0.2, 0) is 0 Å². The van der Waals surface area contributed by atoms with E-state index in [0.717, 1.165) is 12.1 Å². The summed E-state index contributed by atoms with van der Waals surface area (Å²) in [4.78, 5) is 4.88. The average Bonchev–Trinajstić information content (AvgIpc) is 2.51. The van der Waals surface area contributed by atoms with Crippen molar-refractivity contribution >= 4 is 5.71 Å². The summed E-state index contributed by atoms with van der Waals surface area (Å²) in [6.07, 6.45) is 11.7. The van der Waals surface area contributed by atoms with Gasteiger partial charge in [-0.15, -0.1) is 0 Å². The molecule has 2 unspecified atom stereocenters. The van der Waals surface area contributed by atoms with Crippen LogP contribution in [0.5, 0.6) is 0 Å². The maximum atomic E-state index is 4.88. The third kappa shape index (κ3) is 4.45. The van der Waals surface area contributed by atoms with Gasteiger partial charge in [-0.3, -0.25) is 4.99 Å².